The van der Waals surface area contributed by atoms with E-state index in [-0.39, 0.29) is 17.9 Å². The molecule has 1 N–H and O–H groups in total. The summed E-state index contributed by atoms with van der Waals surface area (Å²) >= 11 is 0. The van der Waals surface area contributed by atoms with E-state index in [1.165, 1.54) is 33.3 Å². The van der Waals surface area contributed by atoms with E-state index in [0.717, 1.165) is 0 Å². The summed E-state index contributed by atoms with van der Waals surface area (Å²) in [5, 5.41) is 11.6. The molecule has 0 bridgehead atoms. The minimum absolute atomic E-state index is 0.132. The van der Waals surface area contributed by atoms with Crippen molar-refractivity contribution in [2.75, 3.05) is 13.7 Å². The first kappa shape index (κ1) is 21.4. The molecular formula is C22H24O8. The summed E-state index contributed by atoms with van der Waals surface area (Å²) in [6.45, 7) is 6.14. The normalized spacial score (nSPS) is 13.5. The highest BCUT2D eigenvalue weighted by Crippen LogP contribution is 2.42. The number of ether oxygens (including phenoxy) is 3. The molecule has 8 nitrogen and oxygen atoms in total. The molecule has 0 amide bonds. The number of carbonyl (C=O) groups excluding carboxylic acids is 1. The number of hydrogen-bond acceptors (Lipinski definition) is 8. The van der Waals surface area contributed by atoms with Crippen LogP contribution in [-0.4, -0.2) is 36.5 Å². The highest BCUT2D eigenvalue weighted by Gasteiger charge is 2.33. The third kappa shape index (κ3) is 4.04. The summed E-state index contributed by atoms with van der Waals surface area (Å²) in [6.07, 6.45) is 2.07. The van der Waals surface area contributed by atoms with Gasteiger partial charge in [0.05, 0.1) is 29.7 Å². The molecule has 3 rings (SSSR count). The zero-order valence-electron chi connectivity index (χ0n) is 17.5. The second-order valence-corrected chi connectivity index (χ2v) is 7.35. The van der Waals surface area contributed by atoms with Crippen LogP contribution in [0.25, 0.3) is 21.9 Å². The molecule has 3 aromatic rings. The molecule has 0 spiro atoms. The molecule has 0 saturated carbocycles. The SMILES string of the molecule is CC=C(C)C(=O)O[C@@H](COc1c2occc2c(OC)c2ccc(=O)oc12)C(C)(C)O. The Morgan fingerprint density at radius 2 is 1.90 bits per heavy atom. The van der Waals surface area contributed by atoms with E-state index < -0.39 is 23.3 Å². The van der Waals surface area contributed by atoms with Crippen molar-refractivity contribution in [1.82, 2.24) is 0 Å². The van der Waals surface area contributed by atoms with E-state index in [2.05, 4.69) is 0 Å². The van der Waals surface area contributed by atoms with E-state index in [0.29, 0.717) is 27.7 Å². The van der Waals surface area contributed by atoms with Crippen molar-refractivity contribution in [3.8, 4) is 11.5 Å². The molecule has 2 heterocycles. The molecule has 0 aliphatic carbocycles. The van der Waals surface area contributed by atoms with Crippen molar-refractivity contribution >= 4 is 27.9 Å². The summed E-state index contributed by atoms with van der Waals surface area (Å²) in [5.74, 6) is 0.0538. The van der Waals surface area contributed by atoms with Gasteiger partial charge in [-0.2, -0.15) is 0 Å². The van der Waals surface area contributed by atoms with Gasteiger partial charge in [0.15, 0.2) is 17.3 Å². The molecule has 1 atom stereocenters. The Kier molecular flexibility index (Phi) is 5.89. The van der Waals surface area contributed by atoms with Crippen molar-refractivity contribution < 1.29 is 32.9 Å². The van der Waals surface area contributed by atoms with Gasteiger partial charge in [0.2, 0.25) is 5.75 Å². The Bertz CT molecular complexity index is 1160. The van der Waals surface area contributed by atoms with Crippen molar-refractivity contribution in [2.24, 2.45) is 0 Å². The number of carbonyl (C=O) groups is 1. The Labute approximate surface area is 172 Å². The molecular weight excluding hydrogens is 392 g/mol. The minimum Gasteiger partial charge on any atom is -0.495 e. The topological polar surface area (TPSA) is 108 Å². The van der Waals surface area contributed by atoms with Gasteiger partial charge in [0, 0.05) is 11.6 Å². The predicted octanol–water partition coefficient (Wildman–Crippen LogP) is 3.58. The number of rotatable bonds is 7. The van der Waals surface area contributed by atoms with Gasteiger partial charge in [-0.1, -0.05) is 6.08 Å². The van der Waals surface area contributed by atoms with Crippen LogP contribution < -0.4 is 15.1 Å². The third-order valence-electron chi connectivity index (χ3n) is 4.78. The van der Waals surface area contributed by atoms with Gasteiger partial charge in [-0.05, 0) is 39.8 Å². The maximum Gasteiger partial charge on any atom is 0.336 e. The van der Waals surface area contributed by atoms with Crippen LogP contribution >= 0.6 is 0 Å². The van der Waals surface area contributed by atoms with Gasteiger partial charge in [-0.3, -0.25) is 0 Å². The first-order chi connectivity index (χ1) is 14.2. The van der Waals surface area contributed by atoms with Gasteiger partial charge >= 0.3 is 11.6 Å². The Hall–Kier alpha value is -3.26. The molecule has 8 heteroatoms. The standard InChI is InChI=1S/C22H24O8/c1-6-12(2)21(24)29-15(22(3,4)25)11-28-20-18-14(9-10-27-18)17(26-5)13-7-8-16(23)30-19(13)20/h6-10,15,25H,11H2,1-5H3/t15-/m0/s1. The van der Waals surface area contributed by atoms with Crippen LogP contribution in [0.3, 0.4) is 0 Å². The van der Waals surface area contributed by atoms with Gasteiger partial charge in [0.1, 0.15) is 12.4 Å². The quantitative estimate of drug-likeness (QED) is 0.354. The Balaban J connectivity index is 2.05. The summed E-state index contributed by atoms with van der Waals surface area (Å²) < 4.78 is 27.7. The first-order valence-electron chi connectivity index (χ1n) is 9.37. The van der Waals surface area contributed by atoms with Crippen molar-refractivity contribution in [3.05, 3.63) is 46.5 Å². The Morgan fingerprint density at radius 3 is 2.53 bits per heavy atom. The molecule has 0 aliphatic heterocycles. The fourth-order valence-electron chi connectivity index (χ4n) is 2.91. The lowest BCUT2D eigenvalue weighted by Gasteiger charge is -2.29. The maximum absolute atomic E-state index is 12.2. The lowest BCUT2D eigenvalue weighted by atomic mass is 10.0. The van der Waals surface area contributed by atoms with E-state index >= 15 is 0 Å². The second kappa shape index (κ2) is 8.23. The zero-order chi connectivity index (χ0) is 22.1. The van der Waals surface area contributed by atoms with Crippen molar-refractivity contribution in [3.63, 3.8) is 0 Å². The molecule has 2 aromatic heterocycles. The van der Waals surface area contributed by atoms with Gasteiger partial charge in [0.25, 0.3) is 0 Å². The first-order valence-corrected chi connectivity index (χ1v) is 9.37. The smallest absolute Gasteiger partial charge is 0.336 e. The van der Waals surface area contributed by atoms with E-state index in [1.54, 1.807) is 32.1 Å². The van der Waals surface area contributed by atoms with Crippen LogP contribution in [0.5, 0.6) is 11.5 Å². The molecule has 0 unspecified atom stereocenters. The van der Waals surface area contributed by atoms with Gasteiger partial charge < -0.3 is 28.2 Å². The van der Waals surface area contributed by atoms with Crippen molar-refractivity contribution in [1.29, 1.82) is 0 Å². The van der Waals surface area contributed by atoms with Crippen LogP contribution in [0.2, 0.25) is 0 Å². The highest BCUT2D eigenvalue weighted by molar-refractivity contribution is 6.06. The number of hydrogen-bond donors (Lipinski definition) is 1. The third-order valence-corrected chi connectivity index (χ3v) is 4.78. The van der Waals surface area contributed by atoms with Crippen LogP contribution in [0.4, 0.5) is 0 Å². The average molecular weight is 416 g/mol. The number of benzene rings is 1. The largest absolute Gasteiger partial charge is 0.495 e. The average Bonchev–Trinajstić information content (AvgIpc) is 3.17. The van der Waals surface area contributed by atoms with Crippen LogP contribution in [-0.2, 0) is 9.53 Å². The number of allylic oxidation sites excluding steroid dienone is 1. The minimum atomic E-state index is -1.39. The fourth-order valence-corrected chi connectivity index (χ4v) is 2.91. The van der Waals surface area contributed by atoms with E-state index in [1.807, 2.05) is 0 Å². The highest BCUT2D eigenvalue weighted by atomic mass is 16.6. The molecule has 160 valence electrons. The van der Waals surface area contributed by atoms with Crippen LogP contribution in [0.1, 0.15) is 27.7 Å². The molecule has 30 heavy (non-hydrogen) atoms. The van der Waals surface area contributed by atoms with Gasteiger partial charge in [-0.25, -0.2) is 9.59 Å². The Morgan fingerprint density at radius 1 is 1.20 bits per heavy atom. The summed E-state index contributed by atoms with van der Waals surface area (Å²) in [6, 6.07) is 4.55. The molecule has 0 saturated heterocycles. The number of furan rings is 1. The predicted molar refractivity (Wildman–Crippen MR) is 110 cm³/mol. The molecule has 0 aliphatic rings. The summed E-state index contributed by atoms with van der Waals surface area (Å²) in [4.78, 5) is 24.1. The number of aliphatic hydroxyl groups is 1. The van der Waals surface area contributed by atoms with E-state index in [4.69, 9.17) is 23.0 Å². The van der Waals surface area contributed by atoms with Crippen LogP contribution in [0, 0.1) is 0 Å². The van der Waals surface area contributed by atoms with E-state index in [9.17, 15) is 14.7 Å². The second-order valence-electron chi connectivity index (χ2n) is 7.35. The molecule has 1 aromatic carbocycles. The van der Waals surface area contributed by atoms with Gasteiger partial charge in [-0.15, -0.1) is 0 Å². The maximum atomic E-state index is 12.2. The van der Waals surface area contributed by atoms with Crippen LogP contribution in [0.15, 0.2) is 49.7 Å². The number of fused-ring (bicyclic) bond motifs is 2. The summed E-state index contributed by atoms with van der Waals surface area (Å²) in [5.41, 5.74) is -1.13. The molecule has 0 radical (unpaired) electrons. The lowest BCUT2D eigenvalue weighted by molar-refractivity contribution is -0.160. The summed E-state index contributed by atoms with van der Waals surface area (Å²) in [7, 11) is 1.50. The number of methoxy groups -OCH3 is 1. The van der Waals surface area contributed by atoms with Crippen molar-refractivity contribution in [2.45, 2.75) is 39.4 Å². The fraction of sp³-hybridized carbons (Fsp3) is 0.364. The zero-order valence-corrected chi connectivity index (χ0v) is 17.5. The lowest BCUT2D eigenvalue weighted by Crippen LogP contribution is -2.44. The molecule has 0 fully saturated rings. The number of esters is 1. The monoisotopic (exact) mass is 416 g/mol.